The molecular formula is C29H36N4O4. The second kappa shape index (κ2) is 11.3. The van der Waals surface area contributed by atoms with Gasteiger partial charge in [-0.15, -0.1) is 0 Å². The molecule has 0 spiro atoms. The van der Waals surface area contributed by atoms with E-state index in [1.165, 1.54) is 6.42 Å². The zero-order valence-electron chi connectivity index (χ0n) is 21.5. The number of methoxy groups -OCH3 is 1. The molecule has 2 aromatic rings. The fourth-order valence-electron chi connectivity index (χ4n) is 5.92. The second-order valence-corrected chi connectivity index (χ2v) is 10.3. The molecule has 196 valence electrons. The number of benzene rings is 2. The van der Waals surface area contributed by atoms with Crippen molar-refractivity contribution >= 4 is 29.1 Å². The Morgan fingerprint density at radius 2 is 1.73 bits per heavy atom. The highest BCUT2D eigenvalue weighted by molar-refractivity contribution is 6.12. The van der Waals surface area contributed by atoms with Crippen LogP contribution in [0.5, 0.6) is 5.75 Å². The quantitative estimate of drug-likeness (QED) is 0.655. The average molecular weight is 505 g/mol. The topological polar surface area (TPSA) is 91.0 Å². The maximum absolute atomic E-state index is 14.1. The van der Waals surface area contributed by atoms with Gasteiger partial charge in [0.15, 0.2) is 0 Å². The predicted octanol–water partition coefficient (Wildman–Crippen LogP) is 4.07. The van der Waals surface area contributed by atoms with Crippen LogP contribution in [0.3, 0.4) is 0 Å². The van der Waals surface area contributed by atoms with Crippen LogP contribution in [0.15, 0.2) is 42.5 Å². The van der Waals surface area contributed by atoms with Gasteiger partial charge < -0.3 is 25.2 Å². The first-order valence-electron chi connectivity index (χ1n) is 13.5. The lowest BCUT2D eigenvalue weighted by Gasteiger charge is -2.37. The van der Waals surface area contributed by atoms with Crippen molar-refractivity contribution in [2.45, 2.75) is 51.0 Å². The summed E-state index contributed by atoms with van der Waals surface area (Å²) in [7, 11) is 1.58. The molecule has 0 aromatic heterocycles. The maximum Gasteiger partial charge on any atom is 0.258 e. The Morgan fingerprint density at radius 3 is 2.54 bits per heavy atom. The summed E-state index contributed by atoms with van der Waals surface area (Å²) >= 11 is 0. The van der Waals surface area contributed by atoms with E-state index >= 15 is 0 Å². The number of carbonyl (C=O) groups is 3. The molecule has 8 heteroatoms. The molecule has 0 radical (unpaired) electrons. The third kappa shape index (κ3) is 5.49. The molecule has 2 aromatic carbocycles. The summed E-state index contributed by atoms with van der Waals surface area (Å²) in [6.07, 6.45) is 6.52. The van der Waals surface area contributed by atoms with E-state index in [1.54, 1.807) is 31.4 Å². The fourth-order valence-corrected chi connectivity index (χ4v) is 5.92. The summed E-state index contributed by atoms with van der Waals surface area (Å²) in [5, 5.41) is 6.34. The standard InChI is InChI=1S/C29H36N4O4/c1-37-23-10-5-9-21(17-23)29(36)33-25-12-11-22(28(35)32-15-6-13-30-14-16-32)18-24(25)31-27(34)19-26(33)20-7-3-2-4-8-20/h5,9-12,17-18,20,26,30H,2-4,6-8,13-16,19H2,1H3,(H,31,34). The van der Waals surface area contributed by atoms with Gasteiger partial charge in [0, 0.05) is 43.2 Å². The number of hydrogen-bond donors (Lipinski definition) is 2. The van der Waals surface area contributed by atoms with Gasteiger partial charge in [-0.25, -0.2) is 0 Å². The Balaban J connectivity index is 1.54. The maximum atomic E-state index is 14.1. The Hall–Kier alpha value is -3.39. The molecule has 0 bridgehead atoms. The van der Waals surface area contributed by atoms with E-state index in [1.807, 2.05) is 28.0 Å². The Morgan fingerprint density at radius 1 is 0.919 bits per heavy atom. The van der Waals surface area contributed by atoms with Crippen LogP contribution in [-0.2, 0) is 4.79 Å². The van der Waals surface area contributed by atoms with Crippen LogP contribution in [0.25, 0.3) is 0 Å². The summed E-state index contributed by atoms with van der Waals surface area (Å²) in [5.74, 6) is 0.508. The smallest absolute Gasteiger partial charge is 0.258 e. The first-order chi connectivity index (χ1) is 18.0. The van der Waals surface area contributed by atoms with Crippen molar-refractivity contribution in [2.24, 2.45) is 5.92 Å². The Kier molecular flexibility index (Phi) is 7.74. The molecule has 1 unspecified atom stereocenters. The van der Waals surface area contributed by atoms with Gasteiger partial charge in [-0.3, -0.25) is 14.4 Å². The summed E-state index contributed by atoms with van der Waals surface area (Å²) in [6.45, 7) is 3.00. The van der Waals surface area contributed by atoms with Crippen molar-refractivity contribution in [3.05, 3.63) is 53.6 Å². The van der Waals surface area contributed by atoms with Crippen LogP contribution in [0, 0.1) is 5.92 Å². The van der Waals surface area contributed by atoms with Crippen LogP contribution in [-0.4, -0.2) is 62.0 Å². The fraction of sp³-hybridized carbons (Fsp3) is 0.483. The zero-order chi connectivity index (χ0) is 25.8. The van der Waals surface area contributed by atoms with E-state index < -0.39 is 0 Å². The van der Waals surface area contributed by atoms with Gasteiger partial charge in [-0.2, -0.15) is 0 Å². The molecule has 2 aliphatic heterocycles. The normalized spacial score (nSPS) is 20.9. The lowest BCUT2D eigenvalue weighted by atomic mass is 9.81. The van der Waals surface area contributed by atoms with E-state index in [4.69, 9.17) is 4.74 Å². The molecule has 5 rings (SSSR count). The molecule has 2 fully saturated rings. The number of anilines is 2. The summed E-state index contributed by atoms with van der Waals surface area (Å²) < 4.78 is 5.37. The first kappa shape index (κ1) is 25.3. The first-order valence-corrected chi connectivity index (χ1v) is 13.5. The van der Waals surface area contributed by atoms with Gasteiger partial charge in [0.05, 0.1) is 18.5 Å². The van der Waals surface area contributed by atoms with Crippen LogP contribution in [0.1, 0.15) is 65.7 Å². The van der Waals surface area contributed by atoms with Crippen LogP contribution < -0.4 is 20.3 Å². The molecule has 1 atom stereocenters. The minimum Gasteiger partial charge on any atom is -0.497 e. The molecule has 3 aliphatic rings. The highest BCUT2D eigenvalue weighted by Crippen LogP contribution is 2.40. The minimum absolute atomic E-state index is 0.0560. The van der Waals surface area contributed by atoms with Crippen molar-refractivity contribution in [1.29, 1.82) is 0 Å². The molecular weight excluding hydrogens is 468 g/mol. The van der Waals surface area contributed by atoms with Gasteiger partial charge >= 0.3 is 0 Å². The van der Waals surface area contributed by atoms with Crippen molar-refractivity contribution in [2.75, 3.05) is 43.5 Å². The van der Waals surface area contributed by atoms with Crippen molar-refractivity contribution in [1.82, 2.24) is 10.2 Å². The highest BCUT2D eigenvalue weighted by Gasteiger charge is 2.38. The highest BCUT2D eigenvalue weighted by atomic mass is 16.5. The van der Waals surface area contributed by atoms with Gasteiger partial charge in [0.1, 0.15) is 5.75 Å². The van der Waals surface area contributed by atoms with Gasteiger partial charge in [0.25, 0.3) is 11.8 Å². The lowest BCUT2D eigenvalue weighted by molar-refractivity contribution is -0.116. The van der Waals surface area contributed by atoms with E-state index in [2.05, 4.69) is 10.6 Å². The summed E-state index contributed by atoms with van der Waals surface area (Å²) in [6, 6.07) is 12.3. The zero-order valence-corrected chi connectivity index (χ0v) is 21.5. The number of hydrogen-bond acceptors (Lipinski definition) is 5. The van der Waals surface area contributed by atoms with Gasteiger partial charge in [-0.1, -0.05) is 25.3 Å². The van der Waals surface area contributed by atoms with Crippen LogP contribution in [0.4, 0.5) is 11.4 Å². The van der Waals surface area contributed by atoms with Crippen LogP contribution >= 0.6 is 0 Å². The Bertz CT molecular complexity index is 1150. The van der Waals surface area contributed by atoms with E-state index in [0.717, 1.165) is 45.2 Å². The van der Waals surface area contributed by atoms with E-state index in [0.29, 0.717) is 41.3 Å². The second-order valence-electron chi connectivity index (χ2n) is 10.3. The molecule has 2 N–H and O–H groups in total. The molecule has 8 nitrogen and oxygen atoms in total. The number of rotatable bonds is 4. The number of amides is 3. The molecule has 2 heterocycles. The predicted molar refractivity (Wildman–Crippen MR) is 143 cm³/mol. The third-order valence-electron chi connectivity index (χ3n) is 7.86. The van der Waals surface area contributed by atoms with Gasteiger partial charge in [0.2, 0.25) is 5.91 Å². The number of nitrogens with one attached hydrogen (secondary N) is 2. The lowest BCUT2D eigenvalue weighted by Crippen LogP contribution is -2.46. The summed E-state index contributed by atoms with van der Waals surface area (Å²) in [4.78, 5) is 44.2. The Labute approximate surface area is 218 Å². The van der Waals surface area contributed by atoms with E-state index in [9.17, 15) is 14.4 Å². The van der Waals surface area contributed by atoms with Crippen molar-refractivity contribution in [3.8, 4) is 5.75 Å². The minimum atomic E-state index is -0.251. The molecule has 37 heavy (non-hydrogen) atoms. The SMILES string of the molecule is COc1cccc(C(=O)N2c3ccc(C(=O)N4CCCNCC4)cc3NC(=O)CC2C2CCCCC2)c1. The molecule has 3 amide bonds. The van der Waals surface area contributed by atoms with Crippen LogP contribution in [0.2, 0.25) is 0 Å². The number of carbonyl (C=O) groups excluding carboxylic acids is 3. The number of ether oxygens (including phenoxy) is 1. The molecule has 1 aliphatic carbocycles. The molecule has 1 saturated carbocycles. The average Bonchev–Trinajstić information content (AvgIpc) is 3.30. The third-order valence-corrected chi connectivity index (χ3v) is 7.86. The summed E-state index contributed by atoms with van der Waals surface area (Å²) in [5.41, 5.74) is 2.19. The number of fused-ring (bicyclic) bond motifs is 1. The molecule has 1 saturated heterocycles. The number of nitrogens with zero attached hydrogens (tertiary/aromatic N) is 2. The largest absolute Gasteiger partial charge is 0.497 e. The van der Waals surface area contributed by atoms with Gasteiger partial charge in [-0.05, 0) is 68.1 Å². The van der Waals surface area contributed by atoms with E-state index in [-0.39, 0.29) is 36.1 Å². The monoisotopic (exact) mass is 504 g/mol. The van der Waals surface area contributed by atoms with Crippen molar-refractivity contribution < 1.29 is 19.1 Å². The van der Waals surface area contributed by atoms with Crippen molar-refractivity contribution in [3.63, 3.8) is 0 Å².